The molecule has 0 aromatic heterocycles. The van der Waals surface area contributed by atoms with Crippen LogP contribution in [-0.2, 0) is 9.53 Å². The number of hydrogen-bond donors (Lipinski definition) is 1. The molecule has 2 heterocycles. The Hall–Kier alpha value is -1.34. The second kappa shape index (κ2) is 11.2. The van der Waals surface area contributed by atoms with E-state index < -0.39 is 0 Å². The highest BCUT2D eigenvalue weighted by molar-refractivity contribution is 5.81. The van der Waals surface area contributed by atoms with Crippen LogP contribution >= 0.6 is 0 Å². The van der Waals surface area contributed by atoms with Crippen LogP contribution in [0, 0.1) is 11.8 Å². The molecule has 0 bridgehead atoms. The molecule has 7 nitrogen and oxygen atoms in total. The van der Waals surface area contributed by atoms with Crippen molar-refractivity contribution >= 4 is 11.9 Å². The van der Waals surface area contributed by atoms with E-state index in [0.29, 0.717) is 18.4 Å². The molecular formula is C22H40N4O3. The first-order chi connectivity index (χ1) is 14.0. The van der Waals surface area contributed by atoms with E-state index >= 15 is 0 Å². The zero-order chi connectivity index (χ0) is 20.6. The van der Waals surface area contributed by atoms with E-state index in [2.05, 4.69) is 29.0 Å². The van der Waals surface area contributed by atoms with Crippen LogP contribution in [0.25, 0.3) is 0 Å². The number of carbonyl (C=O) groups excluding carboxylic acids is 2. The zero-order valence-corrected chi connectivity index (χ0v) is 18.4. The third-order valence-corrected chi connectivity index (χ3v) is 6.31. The monoisotopic (exact) mass is 408 g/mol. The smallest absolute Gasteiger partial charge is 0.317 e. The average molecular weight is 409 g/mol. The van der Waals surface area contributed by atoms with Gasteiger partial charge in [0.1, 0.15) is 0 Å². The third kappa shape index (κ3) is 7.14. The molecule has 2 aliphatic heterocycles. The first kappa shape index (κ1) is 22.3. The van der Waals surface area contributed by atoms with Crippen LogP contribution in [0.1, 0.15) is 52.4 Å². The molecule has 2 saturated heterocycles. The van der Waals surface area contributed by atoms with Gasteiger partial charge in [0.15, 0.2) is 0 Å². The van der Waals surface area contributed by atoms with Crippen molar-refractivity contribution in [3.8, 4) is 0 Å². The van der Waals surface area contributed by atoms with Gasteiger partial charge in [-0.25, -0.2) is 4.79 Å². The summed E-state index contributed by atoms with van der Waals surface area (Å²) >= 11 is 0. The van der Waals surface area contributed by atoms with Gasteiger partial charge in [0, 0.05) is 57.8 Å². The lowest BCUT2D eigenvalue weighted by Crippen LogP contribution is -2.54. The van der Waals surface area contributed by atoms with E-state index in [-0.39, 0.29) is 18.0 Å². The molecule has 3 fully saturated rings. The van der Waals surface area contributed by atoms with Gasteiger partial charge >= 0.3 is 6.03 Å². The Kier molecular flexibility index (Phi) is 8.60. The first-order valence-corrected chi connectivity index (χ1v) is 11.7. The fourth-order valence-electron chi connectivity index (χ4n) is 4.30. The number of morpholine rings is 1. The molecule has 1 aliphatic carbocycles. The number of nitrogens with zero attached hydrogens (tertiary/aromatic N) is 3. The molecule has 1 unspecified atom stereocenters. The zero-order valence-electron chi connectivity index (χ0n) is 18.4. The van der Waals surface area contributed by atoms with E-state index in [1.165, 1.54) is 0 Å². The molecule has 0 aromatic rings. The third-order valence-electron chi connectivity index (χ3n) is 6.31. The fourth-order valence-corrected chi connectivity index (χ4v) is 4.30. The standard InChI is InChI=1S/C22H40N4O3/c1-18(2)8-9-23-22(28)25-11-3-5-20(17-25)26(21(27)19-6-7-19)12-4-10-24-13-15-29-16-14-24/h18-20H,3-17H2,1-2H3,(H,23,28). The Morgan fingerprint density at radius 1 is 1.14 bits per heavy atom. The van der Waals surface area contributed by atoms with Gasteiger partial charge in [-0.15, -0.1) is 0 Å². The van der Waals surface area contributed by atoms with Gasteiger partial charge in [-0.2, -0.15) is 0 Å². The number of likely N-dealkylation sites (tertiary alicyclic amines) is 1. The molecule has 1 N–H and O–H groups in total. The summed E-state index contributed by atoms with van der Waals surface area (Å²) in [5.74, 6) is 1.13. The Bertz CT molecular complexity index is 532. The van der Waals surface area contributed by atoms with Crippen LogP contribution in [0.3, 0.4) is 0 Å². The highest BCUT2D eigenvalue weighted by atomic mass is 16.5. The summed E-state index contributed by atoms with van der Waals surface area (Å²) in [6, 6.07) is 0.194. The molecule has 7 heteroatoms. The van der Waals surface area contributed by atoms with Crippen LogP contribution in [0.2, 0.25) is 0 Å². The second-order valence-electron chi connectivity index (χ2n) is 9.27. The summed E-state index contributed by atoms with van der Waals surface area (Å²) in [5.41, 5.74) is 0. The van der Waals surface area contributed by atoms with Crippen LogP contribution in [-0.4, -0.2) is 91.7 Å². The lowest BCUT2D eigenvalue weighted by Gasteiger charge is -2.40. The fraction of sp³-hybridized carbons (Fsp3) is 0.909. The molecule has 0 aromatic carbocycles. The molecule has 1 saturated carbocycles. The number of hydrogen-bond acceptors (Lipinski definition) is 4. The van der Waals surface area contributed by atoms with E-state index in [0.717, 1.165) is 91.0 Å². The minimum absolute atomic E-state index is 0.0301. The van der Waals surface area contributed by atoms with Crippen LogP contribution in [0.5, 0.6) is 0 Å². The molecule has 0 spiro atoms. The maximum Gasteiger partial charge on any atom is 0.317 e. The maximum atomic E-state index is 13.0. The Balaban J connectivity index is 1.50. The topological polar surface area (TPSA) is 65.1 Å². The number of piperidine rings is 1. The summed E-state index contributed by atoms with van der Waals surface area (Å²) in [6.45, 7) is 12.0. The van der Waals surface area contributed by atoms with E-state index in [4.69, 9.17) is 4.74 Å². The lowest BCUT2D eigenvalue weighted by atomic mass is 10.0. The lowest BCUT2D eigenvalue weighted by molar-refractivity contribution is -0.136. The summed E-state index contributed by atoms with van der Waals surface area (Å²) in [5, 5.41) is 3.06. The summed E-state index contributed by atoms with van der Waals surface area (Å²) < 4.78 is 5.43. The second-order valence-corrected chi connectivity index (χ2v) is 9.27. The van der Waals surface area contributed by atoms with Gasteiger partial charge in [-0.05, 0) is 44.4 Å². The summed E-state index contributed by atoms with van der Waals surface area (Å²) in [6.07, 6.45) is 6.04. The van der Waals surface area contributed by atoms with Crippen LogP contribution < -0.4 is 5.32 Å². The molecule has 3 aliphatic rings. The average Bonchev–Trinajstić information content (AvgIpc) is 3.57. The molecule has 0 radical (unpaired) electrons. The van der Waals surface area contributed by atoms with Crippen molar-refractivity contribution in [3.05, 3.63) is 0 Å². The van der Waals surface area contributed by atoms with E-state index in [9.17, 15) is 9.59 Å². The van der Waals surface area contributed by atoms with Crippen LogP contribution in [0.15, 0.2) is 0 Å². The summed E-state index contributed by atoms with van der Waals surface area (Å²) in [4.78, 5) is 32.0. The van der Waals surface area contributed by atoms with Crippen molar-refractivity contribution in [2.45, 2.75) is 58.4 Å². The Morgan fingerprint density at radius 2 is 1.90 bits per heavy atom. The van der Waals surface area contributed by atoms with Gasteiger partial charge in [-0.3, -0.25) is 9.69 Å². The number of amides is 3. The van der Waals surface area contributed by atoms with Gasteiger partial charge in [0.05, 0.1) is 13.2 Å². The number of carbonyl (C=O) groups is 2. The van der Waals surface area contributed by atoms with Crippen molar-refractivity contribution < 1.29 is 14.3 Å². The van der Waals surface area contributed by atoms with Crippen molar-refractivity contribution in [2.75, 3.05) is 59.0 Å². The SMILES string of the molecule is CC(C)CCNC(=O)N1CCCC(N(CCCN2CCOCC2)C(=O)C2CC2)C1. The van der Waals surface area contributed by atoms with Crippen molar-refractivity contribution in [1.82, 2.24) is 20.0 Å². The number of rotatable bonds is 9. The number of ether oxygens (including phenoxy) is 1. The predicted octanol–water partition coefficient (Wildman–Crippen LogP) is 2.17. The number of nitrogens with one attached hydrogen (secondary N) is 1. The summed E-state index contributed by atoms with van der Waals surface area (Å²) in [7, 11) is 0. The van der Waals surface area contributed by atoms with Crippen molar-refractivity contribution in [3.63, 3.8) is 0 Å². The van der Waals surface area contributed by atoms with Gasteiger partial charge in [-0.1, -0.05) is 13.8 Å². The minimum Gasteiger partial charge on any atom is -0.379 e. The van der Waals surface area contributed by atoms with Gasteiger partial charge in [0.2, 0.25) is 5.91 Å². The molecule has 3 rings (SSSR count). The molecule has 166 valence electrons. The van der Waals surface area contributed by atoms with Crippen molar-refractivity contribution in [2.24, 2.45) is 11.8 Å². The van der Waals surface area contributed by atoms with E-state index in [1.54, 1.807) is 0 Å². The highest BCUT2D eigenvalue weighted by Gasteiger charge is 2.38. The van der Waals surface area contributed by atoms with Crippen LogP contribution in [0.4, 0.5) is 4.79 Å². The predicted molar refractivity (Wildman–Crippen MR) is 114 cm³/mol. The highest BCUT2D eigenvalue weighted by Crippen LogP contribution is 2.32. The van der Waals surface area contributed by atoms with E-state index in [1.807, 2.05) is 4.90 Å². The molecule has 3 amide bonds. The Morgan fingerprint density at radius 3 is 2.59 bits per heavy atom. The molecule has 1 atom stereocenters. The number of urea groups is 1. The van der Waals surface area contributed by atoms with Gasteiger partial charge < -0.3 is 19.9 Å². The molecular weight excluding hydrogens is 368 g/mol. The Labute approximate surface area is 176 Å². The van der Waals surface area contributed by atoms with Crippen molar-refractivity contribution in [1.29, 1.82) is 0 Å². The van der Waals surface area contributed by atoms with Gasteiger partial charge in [0.25, 0.3) is 0 Å². The molecule has 29 heavy (non-hydrogen) atoms. The largest absolute Gasteiger partial charge is 0.379 e. The minimum atomic E-state index is 0.0301. The normalized spacial score (nSPS) is 23.3. The maximum absolute atomic E-state index is 13.0. The quantitative estimate of drug-likeness (QED) is 0.635. The first-order valence-electron chi connectivity index (χ1n) is 11.7.